The van der Waals surface area contributed by atoms with Gasteiger partial charge in [0, 0.05) is 11.4 Å². The van der Waals surface area contributed by atoms with Crippen molar-refractivity contribution in [1.29, 1.82) is 0 Å². The monoisotopic (exact) mass is 261 g/mol. The standard InChI is InChI=1S/C14H15NO2S/c1-10-6-7-13(18-10)14(16)15-9-11-4-3-5-12(8-11)17-2/h3-8H,9H2,1-2H3,(H,15,16). The van der Waals surface area contributed by atoms with Crippen molar-refractivity contribution in [3.05, 3.63) is 51.7 Å². The van der Waals surface area contributed by atoms with Gasteiger partial charge in [-0.25, -0.2) is 0 Å². The molecule has 0 bridgehead atoms. The fourth-order valence-corrected chi connectivity index (χ4v) is 2.39. The van der Waals surface area contributed by atoms with E-state index in [4.69, 9.17) is 4.74 Å². The molecule has 1 aromatic carbocycles. The smallest absolute Gasteiger partial charge is 0.261 e. The van der Waals surface area contributed by atoms with Gasteiger partial charge in [-0.05, 0) is 36.8 Å². The Hall–Kier alpha value is -1.81. The van der Waals surface area contributed by atoms with Crippen LogP contribution in [0.1, 0.15) is 20.1 Å². The van der Waals surface area contributed by atoms with Crippen LogP contribution in [0.25, 0.3) is 0 Å². The highest BCUT2D eigenvalue weighted by Crippen LogP contribution is 2.15. The van der Waals surface area contributed by atoms with Gasteiger partial charge in [-0.1, -0.05) is 12.1 Å². The molecule has 18 heavy (non-hydrogen) atoms. The fourth-order valence-electron chi connectivity index (χ4n) is 1.61. The molecular weight excluding hydrogens is 246 g/mol. The number of ether oxygens (including phenoxy) is 1. The van der Waals surface area contributed by atoms with Gasteiger partial charge in [0.1, 0.15) is 5.75 Å². The topological polar surface area (TPSA) is 38.3 Å². The van der Waals surface area contributed by atoms with Gasteiger partial charge < -0.3 is 10.1 Å². The average Bonchev–Trinajstić information content (AvgIpc) is 2.83. The minimum atomic E-state index is -0.0316. The van der Waals surface area contributed by atoms with E-state index in [2.05, 4.69) is 5.32 Å². The third-order valence-corrected chi connectivity index (χ3v) is 3.55. The summed E-state index contributed by atoms with van der Waals surface area (Å²) in [6.07, 6.45) is 0. The molecule has 0 saturated carbocycles. The van der Waals surface area contributed by atoms with Crippen molar-refractivity contribution in [1.82, 2.24) is 5.32 Å². The maximum absolute atomic E-state index is 11.9. The van der Waals surface area contributed by atoms with E-state index in [1.807, 2.05) is 43.3 Å². The Morgan fingerprint density at radius 3 is 2.83 bits per heavy atom. The lowest BCUT2D eigenvalue weighted by Gasteiger charge is -2.05. The first kappa shape index (κ1) is 12.6. The summed E-state index contributed by atoms with van der Waals surface area (Å²) in [6, 6.07) is 11.5. The number of methoxy groups -OCH3 is 1. The van der Waals surface area contributed by atoms with Crippen molar-refractivity contribution in [3.63, 3.8) is 0 Å². The van der Waals surface area contributed by atoms with Crippen molar-refractivity contribution in [3.8, 4) is 5.75 Å². The third-order valence-electron chi connectivity index (χ3n) is 2.55. The van der Waals surface area contributed by atoms with E-state index in [1.54, 1.807) is 7.11 Å². The van der Waals surface area contributed by atoms with E-state index < -0.39 is 0 Å². The lowest BCUT2D eigenvalue weighted by molar-refractivity contribution is 0.0955. The molecule has 1 aromatic heterocycles. The van der Waals surface area contributed by atoms with Gasteiger partial charge in [-0.2, -0.15) is 0 Å². The highest BCUT2D eigenvalue weighted by atomic mass is 32.1. The van der Waals surface area contributed by atoms with Crippen LogP contribution in [-0.4, -0.2) is 13.0 Å². The highest BCUT2D eigenvalue weighted by molar-refractivity contribution is 7.13. The number of carbonyl (C=O) groups is 1. The number of thiophene rings is 1. The Kier molecular flexibility index (Phi) is 3.99. The van der Waals surface area contributed by atoms with Gasteiger partial charge in [-0.3, -0.25) is 4.79 Å². The Bertz CT molecular complexity index is 548. The predicted octanol–water partition coefficient (Wildman–Crippen LogP) is 3.00. The summed E-state index contributed by atoms with van der Waals surface area (Å²) >= 11 is 1.50. The van der Waals surface area contributed by atoms with Gasteiger partial charge in [0.2, 0.25) is 0 Å². The third kappa shape index (κ3) is 3.11. The van der Waals surface area contributed by atoms with Crippen molar-refractivity contribution in [2.24, 2.45) is 0 Å². The zero-order valence-electron chi connectivity index (χ0n) is 10.4. The van der Waals surface area contributed by atoms with Gasteiger partial charge in [0.15, 0.2) is 0 Å². The second kappa shape index (κ2) is 5.69. The number of carbonyl (C=O) groups excluding carboxylic acids is 1. The van der Waals surface area contributed by atoms with Gasteiger partial charge in [0.05, 0.1) is 12.0 Å². The summed E-state index contributed by atoms with van der Waals surface area (Å²) in [5.74, 6) is 0.768. The number of amides is 1. The second-order valence-corrected chi connectivity index (χ2v) is 5.23. The SMILES string of the molecule is COc1cccc(CNC(=O)c2ccc(C)s2)c1. The van der Waals surface area contributed by atoms with Crippen LogP contribution < -0.4 is 10.1 Å². The summed E-state index contributed by atoms with van der Waals surface area (Å²) in [6.45, 7) is 2.50. The normalized spacial score (nSPS) is 10.1. The molecule has 0 atom stereocenters. The molecule has 2 aromatic rings. The van der Waals surface area contributed by atoms with Crippen LogP contribution >= 0.6 is 11.3 Å². The number of nitrogens with one attached hydrogen (secondary N) is 1. The van der Waals surface area contributed by atoms with Gasteiger partial charge >= 0.3 is 0 Å². The largest absolute Gasteiger partial charge is 0.497 e. The van der Waals surface area contributed by atoms with Crippen LogP contribution in [0.15, 0.2) is 36.4 Å². The molecule has 0 spiro atoms. The van der Waals surface area contributed by atoms with Crippen LogP contribution in [0.3, 0.4) is 0 Å². The van der Waals surface area contributed by atoms with E-state index >= 15 is 0 Å². The van der Waals surface area contributed by atoms with Gasteiger partial charge in [-0.15, -0.1) is 11.3 Å². The van der Waals surface area contributed by atoms with Crippen LogP contribution in [0.5, 0.6) is 5.75 Å². The van der Waals surface area contributed by atoms with Crippen LogP contribution in [-0.2, 0) is 6.54 Å². The Morgan fingerprint density at radius 2 is 2.17 bits per heavy atom. The summed E-state index contributed by atoms with van der Waals surface area (Å²) in [7, 11) is 1.63. The van der Waals surface area contributed by atoms with Crippen molar-refractivity contribution < 1.29 is 9.53 Å². The maximum atomic E-state index is 11.9. The molecule has 0 unspecified atom stereocenters. The van der Waals surface area contributed by atoms with Crippen molar-refractivity contribution >= 4 is 17.2 Å². The molecule has 4 heteroatoms. The van der Waals surface area contributed by atoms with E-state index in [0.717, 1.165) is 21.1 Å². The number of hydrogen-bond donors (Lipinski definition) is 1. The highest BCUT2D eigenvalue weighted by Gasteiger charge is 2.07. The molecule has 0 aliphatic rings. The zero-order valence-corrected chi connectivity index (χ0v) is 11.2. The first-order chi connectivity index (χ1) is 8.69. The predicted molar refractivity (Wildman–Crippen MR) is 73.2 cm³/mol. The summed E-state index contributed by atoms with van der Waals surface area (Å²) in [4.78, 5) is 13.7. The van der Waals surface area contributed by atoms with E-state index in [-0.39, 0.29) is 5.91 Å². The minimum Gasteiger partial charge on any atom is -0.497 e. The van der Waals surface area contributed by atoms with Gasteiger partial charge in [0.25, 0.3) is 5.91 Å². The molecule has 0 radical (unpaired) electrons. The first-order valence-corrected chi connectivity index (χ1v) is 6.48. The first-order valence-electron chi connectivity index (χ1n) is 5.66. The van der Waals surface area contributed by atoms with Crippen LogP contribution in [0.4, 0.5) is 0 Å². The fraction of sp³-hybridized carbons (Fsp3) is 0.214. The lowest BCUT2D eigenvalue weighted by Crippen LogP contribution is -2.21. The van der Waals surface area contributed by atoms with E-state index in [0.29, 0.717) is 6.54 Å². The number of aryl methyl sites for hydroxylation is 1. The zero-order chi connectivity index (χ0) is 13.0. The number of hydrogen-bond acceptors (Lipinski definition) is 3. The molecule has 3 nitrogen and oxygen atoms in total. The Morgan fingerprint density at radius 1 is 1.33 bits per heavy atom. The van der Waals surface area contributed by atoms with E-state index in [1.165, 1.54) is 11.3 Å². The molecule has 0 aliphatic heterocycles. The molecule has 0 fully saturated rings. The number of rotatable bonds is 4. The maximum Gasteiger partial charge on any atom is 0.261 e. The summed E-state index contributed by atoms with van der Waals surface area (Å²) in [5, 5.41) is 2.90. The number of benzene rings is 1. The molecule has 1 heterocycles. The molecule has 1 N–H and O–H groups in total. The second-order valence-electron chi connectivity index (χ2n) is 3.94. The Labute approximate surface area is 110 Å². The van der Waals surface area contributed by atoms with Crippen LogP contribution in [0, 0.1) is 6.92 Å². The Balaban J connectivity index is 1.97. The molecule has 94 valence electrons. The lowest BCUT2D eigenvalue weighted by atomic mass is 10.2. The van der Waals surface area contributed by atoms with Crippen molar-refractivity contribution in [2.45, 2.75) is 13.5 Å². The quantitative estimate of drug-likeness (QED) is 0.918. The summed E-state index contributed by atoms with van der Waals surface area (Å²) in [5.41, 5.74) is 1.02. The molecule has 2 rings (SSSR count). The average molecular weight is 261 g/mol. The van der Waals surface area contributed by atoms with Crippen molar-refractivity contribution in [2.75, 3.05) is 7.11 Å². The van der Waals surface area contributed by atoms with Crippen LogP contribution in [0.2, 0.25) is 0 Å². The molecule has 1 amide bonds. The molecule has 0 saturated heterocycles. The van der Waals surface area contributed by atoms with E-state index in [9.17, 15) is 4.79 Å². The minimum absolute atomic E-state index is 0.0316. The summed E-state index contributed by atoms with van der Waals surface area (Å²) < 4.78 is 5.14. The molecular formula is C14H15NO2S. The molecule has 0 aliphatic carbocycles.